The van der Waals surface area contributed by atoms with E-state index in [1.807, 2.05) is 0 Å². The summed E-state index contributed by atoms with van der Waals surface area (Å²) in [6.45, 7) is 6.71. The van der Waals surface area contributed by atoms with Crippen LogP contribution in [0.15, 0.2) is 194 Å². The summed E-state index contributed by atoms with van der Waals surface area (Å²) >= 11 is 0. The summed E-state index contributed by atoms with van der Waals surface area (Å²) in [6, 6.07) is 67.6. The number of rotatable bonds is 5. The Balaban J connectivity index is 1.28. The van der Waals surface area contributed by atoms with Gasteiger partial charge in [-0.1, -0.05) is 166 Å². The first-order valence-electron chi connectivity index (χ1n) is 21.3. The quantitative estimate of drug-likeness (QED) is 0.124. The third-order valence-corrected chi connectivity index (χ3v) is 12.7. The molecule has 0 atom stereocenters. The van der Waals surface area contributed by atoms with Crippen molar-refractivity contribution >= 4 is 64.6 Å². The molecule has 0 radical (unpaired) electrons. The second kappa shape index (κ2) is 14.6. The van der Waals surface area contributed by atoms with Crippen LogP contribution in [0.25, 0.3) is 109 Å². The van der Waals surface area contributed by atoms with Crippen LogP contribution in [0.5, 0.6) is 5.75 Å². The Morgan fingerprint density at radius 3 is 1.43 bits per heavy atom. The van der Waals surface area contributed by atoms with Gasteiger partial charge in [-0.15, -0.1) is 13.2 Å². The summed E-state index contributed by atoms with van der Waals surface area (Å²) in [7, 11) is 0. The number of hydrogen-bond acceptors (Lipinski definition) is 1. The maximum absolute atomic E-state index is 13.3. The molecule has 0 saturated carbocycles. The fraction of sp³-hybridized carbons (Fsp3) is 0.0847. The van der Waals surface area contributed by atoms with Gasteiger partial charge in [0, 0.05) is 0 Å². The van der Waals surface area contributed by atoms with Crippen molar-refractivity contribution in [1.29, 1.82) is 0 Å². The third-order valence-electron chi connectivity index (χ3n) is 12.7. The third kappa shape index (κ3) is 6.83. The SMILES string of the molecule is CC(C)(C)c1ccc(-c2ccc3c(-c4cc5ccccc5c5ccccc45)c4cc(-c5ccc(OC(F)(F)F)cc5)cc(-c5cc6ccccc6c6ccccc56)c4cc3c2)cc1. The first kappa shape index (κ1) is 38.5. The zero-order valence-corrected chi connectivity index (χ0v) is 35.0. The van der Waals surface area contributed by atoms with Crippen molar-refractivity contribution < 1.29 is 17.9 Å². The summed E-state index contributed by atoms with van der Waals surface area (Å²) < 4.78 is 44.3. The van der Waals surface area contributed by atoms with E-state index in [0.717, 1.165) is 93.0 Å². The minimum absolute atomic E-state index is 0.0411. The minimum atomic E-state index is -4.79. The van der Waals surface area contributed by atoms with E-state index in [2.05, 4.69) is 195 Å². The van der Waals surface area contributed by atoms with Crippen molar-refractivity contribution in [1.82, 2.24) is 0 Å². The van der Waals surface area contributed by atoms with Crippen LogP contribution in [-0.4, -0.2) is 6.36 Å². The minimum Gasteiger partial charge on any atom is -0.406 e. The molecule has 0 unspecified atom stereocenters. The molecular formula is C59H41F3O. The molecule has 11 rings (SSSR count). The van der Waals surface area contributed by atoms with E-state index in [0.29, 0.717) is 0 Å². The first-order valence-corrected chi connectivity index (χ1v) is 21.3. The van der Waals surface area contributed by atoms with Gasteiger partial charge in [0.2, 0.25) is 0 Å². The van der Waals surface area contributed by atoms with Crippen molar-refractivity contribution in [2.24, 2.45) is 0 Å². The maximum Gasteiger partial charge on any atom is 0.573 e. The average Bonchev–Trinajstić information content (AvgIpc) is 3.29. The largest absolute Gasteiger partial charge is 0.573 e. The first-order chi connectivity index (χ1) is 30.5. The van der Waals surface area contributed by atoms with Crippen molar-refractivity contribution in [3.05, 3.63) is 200 Å². The van der Waals surface area contributed by atoms with Crippen LogP contribution in [-0.2, 0) is 5.41 Å². The monoisotopic (exact) mass is 822 g/mol. The van der Waals surface area contributed by atoms with Crippen LogP contribution in [0.3, 0.4) is 0 Å². The van der Waals surface area contributed by atoms with Crippen LogP contribution in [0.1, 0.15) is 26.3 Å². The van der Waals surface area contributed by atoms with E-state index < -0.39 is 6.36 Å². The molecule has 0 aliphatic carbocycles. The normalized spacial score (nSPS) is 12.3. The van der Waals surface area contributed by atoms with E-state index in [-0.39, 0.29) is 11.2 Å². The van der Waals surface area contributed by atoms with Crippen LogP contribution in [0.2, 0.25) is 0 Å². The molecule has 0 bridgehead atoms. The van der Waals surface area contributed by atoms with Gasteiger partial charge in [-0.05, 0) is 169 Å². The van der Waals surface area contributed by atoms with Gasteiger partial charge < -0.3 is 4.74 Å². The molecule has 11 aromatic rings. The summed E-state index contributed by atoms with van der Waals surface area (Å²) in [5.74, 6) is -0.258. The van der Waals surface area contributed by atoms with Gasteiger partial charge in [0.15, 0.2) is 0 Å². The summed E-state index contributed by atoms with van der Waals surface area (Å²) in [4.78, 5) is 0. The fourth-order valence-corrected chi connectivity index (χ4v) is 9.64. The van der Waals surface area contributed by atoms with Crippen LogP contribution >= 0.6 is 0 Å². The number of hydrogen-bond donors (Lipinski definition) is 0. The van der Waals surface area contributed by atoms with E-state index in [1.165, 1.54) is 33.9 Å². The molecule has 0 aromatic heterocycles. The molecule has 1 nitrogen and oxygen atoms in total. The number of alkyl halides is 3. The van der Waals surface area contributed by atoms with Crippen LogP contribution < -0.4 is 4.74 Å². The zero-order valence-electron chi connectivity index (χ0n) is 35.0. The van der Waals surface area contributed by atoms with Gasteiger partial charge in [0.25, 0.3) is 0 Å². The molecule has 4 heteroatoms. The Bertz CT molecular complexity index is 3590. The van der Waals surface area contributed by atoms with Gasteiger partial charge >= 0.3 is 6.36 Å². The Morgan fingerprint density at radius 1 is 0.333 bits per heavy atom. The summed E-state index contributed by atoms with van der Waals surface area (Å²) in [5, 5.41) is 13.6. The molecular weight excluding hydrogens is 782 g/mol. The Hall–Kier alpha value is -7.43. The highest BCUT2D eigenvalue weighted by Crippen LogP contribution is 2.48. The highest BCUT2D eigenvalue weighted by atomic mass is 19.4. The highest BCUT2D eigenvalue weighted by Gasteiger charge is 2.31. The molecule has 0 fully saturated rings. The number of fused-ring (bicyclic) bond motifs is 8. The topological polar surface area (TPSA) is 9.23 Å². The lowest BCUT2D eigenvalue weighted by Crippen LogP contribution is -2.16. The molecule has 0 aliphatic rings. The molecule has 0 N–H and O–H groups in total. The van der Waals surface area contributed by atoms with Gasteiger partial charge in [-0.3, -0.25) is 0 Å². The molecule has 304 valence electrons. The van der Waals surface area contributed by atoms with Crippen molar-refractivity contribution in [2.75, 3.05) is 0 Å². The van der Waals surface area contributed by atoms with Gasteiger partial charge in [0.05, 0.1) is 0 Å². The standard InChI is InChI=1S/C59H41F3O/c1-58(2,3)43-25-20-36(21-26-43)38-24-29-47-42(30-38)35-54-53(52-31-39-12-4-6-14-45(39)48-16-8-10-18-50(48)52)33-41(37-22-27-44(28-23-37)63-59(60,61)62)34-56(54)57(47)55-32-40-13-5-7-15-46(40)49-17-9-11-19-51(49)55/h4-35H,1-3H3. The number of ether oxygens (including phenoxy) is 1. The predicted octanol–water partition coefficient (Wildman–Crippen LogP) is 17.5. The Morgan fingerprint density at radius 2 is 0.825 bits per heavy atom. The highest BCUT2D eigenvalue weighted by molar-refractivity contribution is 6.25. The van der Waals surface area contributed by atoms with E-state index in [9.17, 15) is 13.2 Å². The second-order valence-electron chi connectivity index (χ2n) is 17.6. The molecule has 11 aromatic carbocycles. The van der Waals surface area contributed by atoms with Crippen molar-refractivity contribution in [2.45, 2.75) is 32.5 Å². The molecule has 0 aliphatic heterocycles. The van der Waals surface area contributed by atoms with Gasteiger partial charge in [-0.2, -0.15) is 0 Å². The number of halogens is 3. The molecule has 0 saturated heterocycles. The van der Waals surface area contributed by atoms with Crippen molar-refractivity contribution in [3.63, 3.8) is 0 Å². The fourth-order valence-electron chi connectivity index (χ4n) is 9.64. The summed E-state index contributed by atoms with van der Waals surface area (Å²) in [6.07, 6.45) is -4.79. The maximum atomic E-state index is 13.3. The van der Waals surface area contributed by atoms with E-state index in [4.69, 9.17) is 0 Å². The second-order valence-corrected chi connectivity index (χ2v) is 17.6. The summed E-state index contributed by atoms with van der Waals surface area (Å²) in [5.41, 5.74) is 9.60. The predicted molar refractivity (Wildman–Crippen MR) is 259 cm³/mol. The Labute approximate surface area is 363 Å². The van der Waals surface area contributed by atoms with Gasteiger partial charge in [-0.25, -0.2) is 0 Å². The molecule has 0 heterocycles. The smallest absolute Gasteiger partial charge is 0.406 e. The van der Waals surface area contributed by atoms with E-state index >= 15 is 0 Å². The lowest BCUT2D eigenvalue weighted by Gasteiger charge is -2.21. The zero-order chi connectivity index (χ0) is 43.0. The van der Waals surface area contributed by atoms with Crippen molar-refractivity contribution in [3.8, 4) is 50.3 Å². The van der Waals surface area contributed by atoms with E-state index in [1.54, 1.807) is 12.1 Å². The molecule has 0 spiro atoms. The lowest BCUT2D eigenvalue weighted by atomic mass is 9.82. The molecule has 63 heavy (non-hydrogen) atoms. The Kier molecular flexibility index (Phi) is 8.92. The van der Waals surface area contributed by atoms with Gasteiger partial charge in [0.1, 0.15) is 5.75 Å². The van der Waals surface area contributed by atoms with Crippen LogP contribution in [0, 0.1) is 0 Å². The van der Waals surface area contributed by atoms with Crippen LogP contribution in [0.4, 0.5) is 13.2 Å². The lowest BCUT2D eigenvalue weighted by molar-refractivity contribution is -0.274. The molecule has 0 amide bonds. The average molecular weight is 823 g/mol. The number of benzene rings is 11.